The number of anilines is 2. The van der Waals surface area contributed by atoms with Gasteiger partial charge in [0.25, 0.3) is 5.69 Å². The second-order valence-corrected chi connectivity index (χ2v) is 4.51. The average molecular weight is 271 g/mol. The fourth-order valence-corrected chi connectivity index (χ4v) is 2.04. The Balaban J connectivity index is 2.16. The van der Waals surface area contributed by atoms with Gasteiger partial charge in [0.15, 0.2) is 0 Å². The maximum Gasteiger partial charge on any atom is 0.274 e. The second kappa shape index (κ2) is 6.06. The number of nitrogens with zero attached hydrogens (tertiary/aromatic N) is 1. The number of para-hydroxylation sites is 1. The molecule has 5 heteroatoms. The van der Waals surface area contributed by atoms with Crippen molar-refractivity contribution in [1.29, 1.82) is 0 Å². The van der Waals surface area contributed by atoms with Gasteiger partial charge in [0.05, 0.1) is 4.92 Å². The van der Waals surface area contributed by atoms with E-state index >= 15 is 0 Å². The van der Waals surface area contributed by atoms with Crippen LogP contribution in [-0.4, -0.2) is 4.92 Å². The fraction of sp³-hybridized carbons (Fsp3) is 0.200. The molecule has 0 aliphatic heterocycles. The van der Waals surface area contributed by atoms with Crippen LogP contribution in [0.15, 0.2) is 42.5 Å². The summed E-state index contributed by atoms with van der Waals surface area (Å²) >= 11 is 0. The monoisotopic (exact) mass is 271 g/mol. The predicted molar refractivity (Wildman–Crippen MR) is 80.7 cm³/mol. The van der Waals surface area contributed by atoms with Crippen molar-refractivity contribution in [2.24, 2.45) is 0 Å². The molecule has 0 amide bonds. The van der Waals surface area contributed by atoms with E-state index in [2.05, 4.69) is 5.32 Å². The largest absolute Gasteiger partial charge is 0.398 e. The van der Waals surface area contributed by atoms with Crippen LogP contribution in [0, 0.1) is 10.1 Å². The molecule has 0 heterocycles. The van der Waals surface area contributed by atoms with Gasteiger partial charge in [-0.1, -0.05) is 31.2 Å². The summed E-state index contributed by atoms with van der Waals surface area (Å²) in [5.41, 5.74) is 9.14. The maximum absolute atomic E-state index is 11.0. The van der Waals surface area contributed by atoms with Crippen LogP contribution in [0.1, 0.15) is 18.1 Å². The van der Waals surface area contributed by atoms with Crippen molar-refractivity contribution < 1.29 is 4.92 Å². The van der Waals surface area contributed by atoms with Gasteiger partial charge in [-0.15, -0.1) is 0 Å². The summed E-state index contributed by atoms with van der Waals surface area (Å²) in [5.74, 6) is 0. The molecule has 0 saturated heterocycles. The fourth-order valence-electron chi connectivity index (χ4n) is 2.04. The Morgan fingerprint density at radius 3 is 2.60 bits per heavy atom. The molecule has 104 valence electrons. The molecule has 2 aromatic carbocycles. The highest BCUT2D eigenvalue weighted by atomic mass is 16.6. The summed E-state index contributed by atoms with van der Waals surface area (Å²) in [6, 6.07) is 12.8. The molecular formula is C15H17N3O2. The lowest BCUT2D eigenvalue weighted by molar-refractivity contribution is -0.385. The number of nitrogens with one attached hydrogen (secondary N) is 1. The van der Waals surface area contributed by atoms with Crippen LogP contribution in [0.2, 0.25) is 0 Å². The standard InChI is InChI=1S/C15H17N3O2/c1-2-11-7-8-13(9-15(11)18(19)20)17-10-12-5-3-4-6-14(12)16/h3-9,17H,2,10,16H2,1H3. The van der Waals surface area contributed by atoms with Crippen LogP contribution < -0.4 is 11.1 Å². The highest BCUT2D eigenvalue weighted by molar-refractivity contribution is 5.56. The summed E-state index contributed by atoms with van der Waals surface area (Å²) in [7, 11) is 0. The molecule has 0 aliphatic carbocycles. The summed E-state index contributed by atoms with van der Waals surface area (Å²) in [6.45, 7) is 2.44. The maximum atomic E-state index is 11.0. The molecule has 2 rings (SSSR count). The minimum atomic E-state index is -0.346. The summed E-state index contributed by atoms with van der Waals surface area (Å²) in [4.78, 5) is 10.7. The molecule has 0 bridgehead atoms. The van der Waals surface area contributed by atoms with Crippen molar-refractivity contribution in [1.82, 2.24) is 0 Å². The Morgan fingerprint density at radius 2 is 1.95 bits per heavy atom. The first-order chi connectivity index (χ1) is 9.61. The molecule has 0 saturated carbocycles. The first-order valence-electron chi connectivity index (χ1n) is 6.46. The number of hydrogen-bond acceptors (Lipinski definition) is 4. The van der Waals surface area contributed by atoms with Crippen LogP contribution in [0.5, 0.6) is 0 Å². The van der Waals surface area contributed by atoms with Gasteiger partial charge in [0, 0.05) is 29.5 Å². The quantitative estimate of drug-likeness (QED) is 0.496. The molecule has 0 fully saturated rings. The van der Waals surface area contributed by atoms with Gasteiger partial charge in [-0.05, 0) is 24.1 Å². The van der Waals surface area contributed by atoms with E-state index in [1.807, 2.05) is 37.3 Å². The van der Waals surface area contributed by atoms with Crippen molar-refractivity contribution >= 4 is 17.1 Å². The topological polar surface area (TPSA) is 81.2 Å². The third kappa shape index (κ3) is 3.06. The van der Waals surface area contributed by atoms with E-state index in [1.165, 1.54) is 0 Å². The Hall–Kier alpha value is -2.56. The molecule has 0 unspecified atom stereocenters. The number of aryl methyl sites for hydroxylation is 1. The van der Waals surface area contributed by atoms with Crippen LogP contribution in [0.3, 0.4) is 0 Å². The summed E-state index contributed by atoms with van der Waals surface area (Å²) in [6.07, 6.45) is 0.641. The molecule has 5 nitrogen and oxygen atoms in total. The Labute approximate surface area is 117 Å². The van der Waals surface area contributed by atoms with Crippen LogP contribution in [-0.2, 0) is 13.0 Å². The minimum absolute atomic E-state index is 0.151. The Kier molecular flexibility index (Phi) is 4.20. The zero-order valence-electron chi connectivity index (χ0n) is 11.3. The van der Waals surface area contributed by atoms with E-state index in [1.54, 1.807) is 12.1 Å². The van der Waals surface area contributed by atoms with E-state index in [0.717, 1.165) is 16.8 Å². The molecule has 2 aromatic rings. The van der Waals surface area contributed by atoms with Crippen LogP contribution >= 0.6 is 0 Å². The van der Waals surface area contributed by atoms with Crippen molar-refractivity contribution in [3.8, 4) is 0 Å². The smallest absolute Gasteiger partial charge is 0.274 e. The third-order valence-electron chi connectivity index (χ3n) is 3.20. The molecule has 0 atom stereocenters. The van der Waals surface area contributed by atoms with Gasteiger partial charge in [-0.3, -0.25) is 10.1 Å². The van der Waals surface area contributed by atoms with Gasteiger partial charge in [-0.25, -0.2) is 0 Å². The van der Waals surface area contributed by atoms with Gasteiger partial charge in [0.1, 0.15) is 0 Å². The second-order valence-electron chi connectivity index (χ2n) is 4.51. The number of nitro groups is 1. The molecule has 3 N–H and O–H groups in total. The molecule has 0 aliphatic rings. The minimum Gasteiger partial charge on any atom is -0.398 e. The molecule has 0 radical (unpaired) electrons. The normalized spacial score (nSPS) is 10.2. The lowest BCUT2D eigenvalue weighted by atomic mass is 10.1. The van der Waals surface area contributed by atoms with Gasteiger partial charge >= 0.3 is 0 Å². The third-order valence-corrected chi connectivity index (χ3v) is 3.20. The van der Waals surface area contributed by atoms with Crippen molar-refractivity contribution in [3.05, 3.63) is 63.7 Å². The van der Waals surface area contributed by atoms with Crippen molar-refractivity contribution in [3.63, 3.8) is 0 Å². The van der Waals surface area contributed by atoms with E-state index in [0.29, 0.717) is 18.7 Å². The van der Waals surface area contributed by atoms with Gasteiger partial charge < -0.3 is 11.1 Å². The summed E-state index contributed by atoms with van der Waals surface area (Å²) < 4.78 is 0. The van der Waals surface area contributed by atoms with E-state index in [4.69, 9.17) is 5.73 Å². The van der Waals surface area contributed by atoms with Crippen LogP contribution in [0.4, 0.5) is 17.1 Å². The number of rotatable bonds is 5. The van der Waals surface area contributed by atoms with Crippen LogP contribution in [0.25, 0.3) is 0 Å². The number of nitrogen functional groups attached to an aromatic ring is 1. The first kappa shape index (κ1) is 13.9. The molecule has 20 heavy (non-hydrogen) atoms. The highest BCUT2D eigenvalue weighted by Gasteiger charge is 2.12. The molecular weight excluding hydrogens is 254 g/mol. The molecule has 0 aromatic heterocycles. The number of nitrogens with two attached hydrogens (primary N) is 1. The number of benzene rings is 2. The highest BCUT2D eigenvalue weighted by Crippen LogP contribution is 2.24. The lowest BCUT2D eigenvalue weighted by Gasteiger charge is -2.09. The molecule has 0 spiro atoms. The number of nitro benzene ring substituents is 1. The van der Waals surface area contributed by atoms with E-state index < -0.39 is 0 Å². The zero-order valence-corrected chi connectivity index (χ0v) is 11.3. The van der Waals surface area contributed by atoms with Crippen molar-refractivity contribution in [2.75, 3.05) is 11.1 Å². The first-order valence-corrected chi connectivity index (χ1v) is 6.46. The SMILES string of the molecule is CCc1ccc(NCc2ccccc2N)cc1[N+](=O)[O-]. The number of hydrogen-bond donors (Lipinski definition) is 2. The van der Waals surface area contributed by atoms with Crippen molar-refractivity contribution in [2.45, 2.75) is 19.9 Å². The zero-order chi connectivity index (χ0) is 14.5. The average Bonchev–Trinajstić information content (AvgIpc) is 2.46. The Bertz CT molecular complexity index is 626. The van der Waals surface area contributed by atoms with E-state index in [9.17, 15) is 10.1 Å². The van der Waals surface area contributed by atoms with E-state index in [-0.39, 0.29) is 10.6 Å². The van der Waals surface area contributed by atoms with Gasteiger partial charge in [-0.2, -0.15) is 0 Å². The Morgan fingerprint density at radius 1 is 1.20 bits per heavy atom. The predicted octanol–water partition coefficient (Wildman–Crippen LogP) is 3.35. The lowest BCUT2D eigenvalue weighted by Crippen LogP contribution is -2.03. The summed E-state index contributed by atoms with van der Waals surface area (Å²) in [5, 5.41) is 14.2. The van der Waals surface area contributed by atoms with Gasteiger partial charge in [0.2, 0.25) is 0 Å².